The van der Waals surface area contributed by atoms with E-state index in [0.29, 0.717) is 10.4 Å². The van der Waals surface area contributed by atoms with E-state index in [1.807, 2.05) is 31.2 Å². The Hall–Kier alpha value is -2.09. The molecule has 0 aromatic heterocycles. The van der Waals surface area contributed by atoms with Gasteiger partial charge in [-0.2, -0.15) is 0 Å². The number of rotatable bonds is 4. The van der Waals surface area contributed by atoms with E-state index in [9.17, 15) is 13.2 Å². The summed E-state index contributed by atoms with van der Waals surface area (Å²) in [4.78, 5) is 11.2. The first kappa shape index (κ1) is 16.8. The summed E-state index contributed by atoms with van der Waals surface area (Å²) in [6.45, 7) is 1.89. The number of fused-ring (bicyclic) bond motifs is 1. The summed E-state index contributed by atoms with van der Waals surface area (Å²) in [7, 11) is -4.04. The molecule has 1 aliphatic rings. The Kier molecular flexibility index (Phi) is 4.25. The molecule has 0 saturated carbocycles. The second kappa shape index (κ2) is 6.08. The van der Waals surface area contributed by atoms with Crippen LogP contribution in [0.4, 0.5) is 5.69 Å². The highest BCUT2D eigenvalue weighted by Crippen LogP contribution is 2.36. The van der Waals surface area contributed by atoms with Gasteiger partial charge in [0.1, 0.15) is 0 Å². The highest BCUT2D eigenvalue weighted by molar-refractivity contribution is 7.90. The lowest BCUT2D eigenvalue weighted by Crippen LogP contribution is -2.43. The van der Waals surface area contributed by atoms with Crippen LogP contribution >= 0.6 is 11.8 Å². The van der Waals surface area contributed by atoms with Crippen LogP contribution in [0.3, 0.4) is 0 Å². The highest BCUT2D eigenvalue weighted by Gasteiger charge is 2.37. The predicted molar refractivity (Wildman–Crippen MR) is 91.9 cm³/mol. The zero-order valence-electron chi connectivity index (χ0n) is 12.9. The van der Waals surface area contributed by atoms with Crippen LogP contribution in [0, 0.1) is 0 Å². The smallest absolute Gasteiger partial charge is 0.274 e. The number of para-hydroxylation sites is 1. The number of carbonyl (C=O) groups excluding carboxylic acids is 1. The molecule has 2 aromatic rings. The summed E-state index contributed by atoms with van der Waals surface area (Å²) in [5.41, 5.74) is 7.10. The molecule has 0 spiro atoms. The Morgan fingerprint density at radius 1 is 1.25 bits per heavy atom. The van der Waals surface area contributed by atoms with Crippen molar-refractivity contribution < 1.29 is 13.2 Å². The molecule has 3 rings (SSSR count). The lowest BCUT2D eigenvalue weighted by atomic mass is 10.1. The first-order chi connectivity index (χ1) is 11.3. The molecule has 126 valence electrons. The third-order valence-corrected chi connectivity index (χ3v) is 6.09. The van der Waals surface area contributed by atoms with Gasteiger partial charge in [0.2, 0.25) is 5.91 Å². The van der Waals surface area contributed by atoms with E-state index in [0.717, 1.165) is 11.3 Å². The van der Waals surface area contributed by atoms with Crippen LogP contribution in [0.1, 0.15) is 22.8 Å². The number of nitrogens with zero attached hydrogens (tertiary/aromatic N) is 2. The SMILES string of the molecule is CC1Cc2ccccc2N1N(Cl)S(=O)(=O)c1cccc(C(N)=O)c1. The lowest BCUT2D eigenvalue weighted by molar-refractivity contribution is 0.1000. The molecular weight excluding hydrogens is 350 g/mol. The predicted octanol–water partition coefficient (Wildman–Crippen LogP) is 2.30. The van der Waals surface area contributed by atoms with E-state index < -0.39 is 15.9 Å². The van der Waals surface area contributed by atoms with Crippen molar-refractivity contribution in [1.29, 1.82) is 0 Å². The number of carbonyl (C=O) groups is 1. The van der Waals surface area contributed by atoms with Crippen molar-refractivity contribution in [2.75, 3.05) is 5.01 Å². The number of sulfonamides is 1. The summed E-state index contributed by atoms with van der Waals surface area (Å²) in [5, 5.41) is 1.53. The van der Waals surface area contributed by atoms with Crippen LogP contribution in [0.5, 0.6) is 0 Å². The Balaban J connectivity index is 2.01. The third-order valence-electron chi connectivity index (χ3n) is 3.96. The second-order valence-corrected chi connectivity index (χ2v) is 7.91. The van der Waals surface area contributed by atoms with Crippen molar-refractivity contribution in [2.45, 2.75) is 24.3 Å². The number of benzene rings is 2. The number of hydrogen-bond acceptors (Lipinski definition) is 4. The fraction of sp³-hybridized carbons (Fsp3) is 0.188. The topological polar surface area (TPSA) is 83.7 Å². The molecule has 1 aliphatic heterocycles. The molecule has 0 radical (unpaired) electrons. The second-order valence-electron chi connectivity index (χ2n) is 5.62. The van der Waals surface area contributed by atoms with Gasteiger partial charge in [0.25, 0.3) is 10.0 Å². The zero-order valence-corrected chi connectivity index (χ0v) is 14.5. The minimum Gasteiger partial charge on any atom is -0.366 e. The molecule has 0 fully saturated rings. The maximum atomic E-state index is 12.8. The summed E-state index contributed by atoms with van der Waals surface area (Å²) < 4.78 is 26.4. The molecule has 1 atom stereocenters. The number of hydrazine groups is 1. The van der Waals surface area contributed by atoms with E-state index in [2.05, 4.69) is 0 Å². The molecular formula is C16H16ClN3O3S. The fourth-order valence-corrected chi connectivity index (χ4v) is 4.45. The summed E-state index contributed by atoms with van der Waals surface area (Å²) in [6, 6.07) is 12.9. The number of nitrogens with two attached hydrogens (primary N) is 1. The van der Waals surface area contributed by atoms with Crippen molar-refractivity contribution in [3.63, 3.8) is 0 Å². The molecule has 0 bridgehead atoms. The summed E-state index contributed by atoms with van der Waals surface area (Å²) >= 11 is 6.22. The van der Waals surface area contributed by atoms with Gasteiger partial charge in [-0.3, -0.25) is 9.80 Å². The average Bonchev–Trinajstić information content (AvgIpc) is 2.89. The van der Waals surface area contributed by atoms with E-state index in [1.165, 1.54) is 29.3 Å². The monoisotopic (exact) mass is 365 g/mol. The van der Waals surface area contributed by atoms with Crippen LogP contribution in [-0.4, -0.2) is 24.3 Å². The Morgan fingerprint density at radius 3 is 2.67 bits per heavy atom. The van der Waals surface area contributed by atoms with Gasteiger partial charge in [-0.15, -0.1) is 0 Å². The molecule has 0 aliphatic carbocycles. The number of primary amides is 1. The minimum atomic E-state index is -4.04. The number of amides is 1. The van der Waals surface area contributed by atoms with E-state index >= 15 is 0 Å². The first-order valence-electron chi connectivity index (χ1n) is 7.30. The van der Waals surface area contributed by atoms with Crippen molar-refractivity contribution in [3.05, 3.63) is 59.7 Å². The van der Waals surface area contributed by atoms with Crippen LogP contribution in [0.25, 0.3) is 0 Å². The van der Waals surface area contributed by atoms with Crippen molar-refractivity contribution in [2.24, 2.45) is 5.73 Å². The van der Waals surface area contributed by atoms with Crippen molar-refractivity contribution in [1.82, 2.24) is 3.93 Å². The molecule has 1 heterocycles. The molecule has 1 amide bonds. The summed E-state index contributed by atoms with van der Waals surface area (Å²) in [6.07, 6.45) is 0.691. The highest BCUT2D eigenvalue weighted by atomic mass is 35.5. The standard InChI is InChI=1S/C16H16ClN3O3S/c1-11-9-12-5-2-3-8-15(12)19(11)20(17)24(22,23)14-7-4-6-13(10-14)16(18)21/h2-8,10-11H,9H2,1H3,(H2,18,21). The maximum Gasteiger partial charge on any atom is 0.274 e. The van der Waals surface area contributed by atoms with E-state index in [-0.39, 0.29) is 16.5 Å². The van der Waals surface area contributed by atoms with Crippen molar-refractivity contribution in [3.8, 4) is 0 Å². The number of halogens is 1. The molecule has 2 aromatic carbocycles. The number of hydrogen-bond donors (Lipinski definition) is 1. The fourth-order valence-electron chi connectivity index (χ4n) is 2.80. The largest absolute Gasteiger partial charge is 0.366 e. The Bertz CT molecular complexity index is 901. The normalized spacial score (nSPS) is 17.1. The molecule has 6 nitrogen and oxygen atoms in total. The molecule has 0 saturated heterocycles. The molecule has 1 unspecified atom stereocenters. The van der Waals surface area contributed by atoms with Crippen LogP contribution in [-0.2, 0) is 16.4 Å². The Labute approximate surface area is 145 Å². The van der Waals surface area contributed by atoms with Gasteiger partial charge in [-0.05, 0) is 47.1 Å². The van der Waals surface area contributed by atoms with Gasteiger partial charge >= 0.3 is 0 Å². The van der Waals surface area contributed by atoms with Gasteiger partial charge in [0.15, 0.2) is 0 Å². The lowest BCUT2D eigenvalue weighted by Gasteiger charge is -2.30. The van der Waals surface area contributed by atoms with Crippen LogP contribution < -0.4 is 10.7 Å². The quantitative estimate of drug-likeness (QED) is 0.842. The Morgan fingerprint density at radius 2 is 1.96 bits per heavy atom. The molecule has 8 heteroatoms. The van der Waals surface area contributed by atoms with E-state index in [4.69, 9.17) is 17.5 Å². The molecule has 2 N–H and O–H groups in total. The van der Waals surface area contributed by atoms with Crippen molar-refractivity contribution >= 4 is 33.4 Å². The van der Waals surface area contributed by atoms with E-state index in [1.54, 1.807) is 0 Å². The van der Waals surface area contributed by atoms with Crippen LogP contribution in [0.15, 0.2) is 53.4 Å². The first-order valence-corrected chi connectivity index (χ1v) is 9.08. The van der Waals surface area contributed by atoms with Gasteiger partial charge in [0.05, 0.1) is 10.6 Å². The number of anilines is 1. The average molecular weight is 366 g/mol. The van der Waals surface area contributed by atoms with Crippen LogP contribution in [0.2, 0.25) is 0 Å². The minimum absolute atomic E-state index is 0.0922. The maximum absolute atomic E-state index is 12.8. The van der Waals surface area contributed by atoms with Gasteiger partial charge in [-0.25, -0.2) is 8.42 Å². The molecule has 24 heavy (non-hydrogen) atoms. The third kappa shape index (κ3) is 2.75. The van der Waals surface area contributed by atoms with Gasteiger partial charge in [-0.1, -0.05) is 24.3 Å². The zero-order chi connectivity index (χ0) is 17.5. The van der Waals surface area contributed by atoms with Gasteiger partial charge < -0.3 is 5.73 Å². The van der Waals surface area contributed by atoms with Gasteiger partial charge in [0, 0.05) is 23.4 Å². The summed E-state index contributed by atoms with van der Waals surface area (Å²) in [5.74, 6) is -0.701.